The number of amidine groups is 1. The molecule has 0 saturated heterocycles. The number of halogens is 2. The standard InChI is InChI=1S/C23H29F2N3O5/c1-4-31-20(22(29)27-13-14-7-9-15(10-8-14)21(26)28-30)18-17(24)12-11-16(19(18)25)23(32-5-2)33-6-3/h7-12,20,23,30H,4-6,13H2,1-3H3,(H2,26,28)(H,27,29). The van der Waals surface area contributed by atoms with Gasteiger partial charge in [0.05, 0.1) is 5.56 Å². The first kappa shape index (κ1) is 26.3. The minimum atomic E-state index is -1.52. The first-order chi connectivity index (χ1) is 15.9. The zero-order chi connectivity index (χ0) is 24.4. The summed E-state index contributed by atoms with van der Waals surface area (Å²) in [4.78, 5) is 12.9. The van der Waals surface area contributed by atoms with Gasteiger partial charge in [-0.15, -0.1) is 0 Å². The van der Waals surface area contributed by atoms with Crippen molar-refractivity contribution in [2.45, 2.75) is 39.7 Å². The molecule has 1 amide bonds. The van der Waals surface area contributed by atoms with Crippen molar-refractivity contribution < 1.29 is 33.0 Å². The van der Waals surface area contributed by atoms with Gasteiger partial charge in [-0.3, -0.25) is 20.9 Å². The first-order valence-corrected chi connectivity index (χ1v) is 10.6. The summed E-state index contributed by atoms with van der Waals surface area (Å²) in [6.45, 7) is 5.67. The largest absolute Gasteiger partial charge is 0.364 e. The Balaban J connectivity index is 2.26. The summed E-state index contributed by atoms with van der Waals surface area (Å²) in [6.07, 6.45) is -2.57. The van der Waals surface area contributed by atoms with E-state index in [9.17, 15) is 9.18 Å². The van der Waals surface area contributed by atoms with Crippen molar-refractivity contribution in [1.82, 2.24) is 10.8 Å². The van der Waals surface area contributed by atoms with Crippen molar-refractivity contribution in [3.63, 3.8) is 0 Å². The number of hydroxylamine groups is 1. The van der Waals surface area contributed by atoms with Gasteiger partial charge in [-0.2, -0.15) is 0 Å². The molecule has 2 aromatic rings. The van der Waals surface area contributed by atoms with Crippen molar-refractivity contribution >= 4 is 11.7 Å². The third-order valence-corrected chi connectivity index (χ3v) is 4.70. The van der Waals surface area contributed by atoms with E-state index < -0.39 is 35.5 Å². The Morgan fingerprint density at radius 1 is 1.00 bits per heavy atom. The fraction of sp³-hybridized carbons (Fsp3) is 0.391. The minimum Gasteiger partial charge on any atom is -0.364 e. The van der Waals surface area contributed by atoms with Crippen LogP contribution in [-0.2, 0) is 25.5 Å². The predicted molar refractivity (Wildman–Crippen MR) is 117 cm³/mol. The Kier molecular flexibility index (Phi) is 10.3. The van der Waals surface area contributed by atoms with Crippen LogP contribution in [0.3, 0.4) is 0 Å². The number of rotatable bonds is 12. The lowest BCUT2D eigenvalue weighted by atomic mass is 10.0. The van der Waals surface area contributed by atoms with E-state index in [0.717, 1.165) is 6.07 Å². The minimum absolute atomic E-state index is 0.0249. The van der Waals surface area contributed by atoms with Gasteiger partial charge in [0.15, 0.2) is 12.4 Å². The van der Waals surface area contributed by atoms with Gasteiger partial charge in [0.25, 0.3) is 5.91 Å². The van der Waals surface area contributed by atoms with E-state index in [1.54, 1.807) is 50.5 Å². The average Bonchev–Trinajstić information content (AvgIpc) is 2.82. The number of carbonyl (C=O) groups excluding carboxylic acids is 1. The van der Waals surface area contributed by atoms with Crippen LogP contribution >= 0.6 is 0 Å². The molecule has 10 heteroatoms. The molecule has 0 aromatic heterocycles. The topological polar surface area (TPSA) is 113 Å². The van der Waals surface area contributed by atoms with E-state index in [1.807, 2.05) is 0 Å². The van der Waals surface area contributed by atoms with E-state index in [0.29, 0.717) is 11.1 Å². The summed E-state index contributed by atoms with van der Waals surface area (Å²) in [7, 11) is 0. The van der Waals surface area contributed by atoms with E-state index in [-0.39, 0.29) is 37.8 Å². The van der Waals surface area contributed by atoms with Crippen LogP contribution in [0.4, 0.5) is 8.78 Å². The third kappa shape index (κ3) is 6.78. The van der Waals surface area contributed by atoms with E-state index in [1.165, 1.54) is 6.07 Å². The van der Waals surface area contributed by atoms with Crippen LogP contribution in [0.15, 0.2) is 36.4 Å². The fourth-order valence-corrected chi connectivity index (χ4v) is 3.13. The molecule has 2 aromatic carbocycles. The number of nitrogens with one attached hydrogen (secondary N) is 3. The lowest BCUT2D eigenvalue weighted by molar-refractivity contribution is -0.142. The van der Waals surface area contributed by atoms with Crippen LogP contribution in [0.1, 0.15) is 55.4 Å². The zero-order valence-corrected chi connectivity index (χ0v) is 18.8. The number of carbonyl (C=O) groups is 1. The lowest BCUT2D eigenvalue weighted by Crippen LogP contribution is -2.32. The molecule has 0 heterocycles. The molecule has 1 unspecified atom stereocenters. The van der Waals surface area contributed by atoms with Gasteiger partial charge >= 0.3 is 0 Å². The quantitative estimate of drug-likeness (QED) is 0.164. The first-order valence-electron chi connectivity index (χ1n) is 10.6. The second-order valence-electron chi connectivity index (χ2n) is 6.84. The number of hydrogen-bond donors (Lipinski definition) is 4. The molecule has 33 heavy (non-hydrogen) atoms. The van der Waals surface area contributed by atoms with Crippen molar-refractivity contribution in [2.75, 3.05) is 19.8 Å². The second kappa shape index (κ2) is 12.9. The maximum Gasteiger partial charge on any atom is 0.254 e. The van der Waals surface area contributed by atoms with E-state index in [2.05, 4.69) is 5.32 Å². The molecule has 4 N–H and O–H groups in total. The summed E-state index contributed by atoms with van der Waals surface area (Å²) in [5.41, 5.74) is 2.32. The third-order valence-electron chi connectivity index (χ3n) is 4.70. The van der Waals surface area contributed by atoms with Crippen LogP contribution in [0.2, 0.25) is 0 Å². The normalized spacial score (nSPS) is 12.0. The lowest BCUT2D eigenvalue weighted by Gasteiger charge is -2.23. The maximum absolute atomic E-state index is 15.4. The monoisotopic (exact) mass is 465 g/mol. The second-order valence-corrected chi connectivity index (χ2v) is 6.84. The molecule has 0 fully saturated rings. The summed E-state index contributed by atoms with van der Waals surface area (Å²) in [5.74, 6) is -2.78. The van der Waals surface area contributed by atoms with Gasteiger partial charge in [-0.1, -0.05) is 24.3 Å². The van der Waals surface area contributed by atoms with Crippen LogP contribution < -0.4 is 10.8 Å². The molecule has 0 aliphatic rings. The Morgan fingerprint density at radius 2 is 1.61 bits per heavy atom. The Hall–Kier alpha value is -2.92. The molecule has 0 bridgehead atoms. The molecule has 2 rings (SSSR count). The van der Waals surface area contributed by atoms with Crippen LogP contribution in [-0.4, -0.2) is 36.8 Å². The highest BCUT2D eigenvalue weighted by Gasteiger charge is 2.31. The molecule has 0 radical (unpaired) electrons. The highest BCUT2D eigenvalue weighted by molar-refractivity contribution is 5.95. The molecular formula is C23H29F2N3O5. The molecule has 180 valence electrons. The number of hydrogen-bond acceptors (Lipinski definition) is 6. The van der Waals surface area contributed by atoms with Gasteiger partial charge in [0.1, 0.15) is 17.5 Å². The van der Waals surface area contributed by atoms with Gasteiger partial charge in [-0.05, 0) is 38.5 Å². The highest BCUT2D eigenvalue weighted by atomic mass is 19.1. The van der Waals surface area contributed by atoms with Crippen molar-refractivity contribution in [2.24, 2.45) is 0 Å². The zero-order valence-electron chi connectivity index (χ0n) is 18.8. The number of amides is 1. The number of benzene rings is 2. The fourth-order valence-electron chi connectivity index (χ4n) is 3.13. The molecule has 0 aliphatic heterocycles. The summed E-state index contributed by atoms with van der Waals surface area (Å²) in [6, 6.07) is 8.74. The predicted octanol–water partition coefficient (Wildman–Crippen LogP) is 3.73. The Labute approximate surface area is 191 Å². The van der Waals surface area contributed by atoms with Crippen molar-refractivity contribution in [3.8, 4) is 0 Å². The van der Waals surface area contributed by atoms with Crippen LogP contribution in [0, 0.1) is 17.0 Å². The molecular weight excluding hydrogens is 436 g/mol. The molecule has 0 saturated carbocycles. The average molecular weight is 465 g/mol. The van der Waals surface area contributed by atoms with Gasteiger partial charge in [-0.25, -0.2) is 8.78 Å². The van der Waals surface area contributed by atoms with Crippen molar-refractivity contribution in [1.29, 1.82) is 5.41 Å². The Morgan fingerprint density at radius 3 is 2.15 bits per heavy atom. The van der Waals surface area contributed by atoms with Gasteiger partial charge in [0, 0.05) is 37.5 Å². The van der Waals surface area contributed by atoms with E-state index >= 15 is 4.39 Å². The van der Waals surface area contributed by atoms with Crippen LogP contribution in [0.25, 0.3) is 0 Å². The summed E-state index contributed by atoms with van der Waals surface area (Å²) < 4.78 is 46.3. The van der Waals surface area contributed by atoms with E-state index in [4.69, 9.17) is 24.8 Å². The molecule has 0 aliphatic carbocycles. The van der Waals surface area contributed by atoms with Gasteiger partial charge < -0.3 is 19.5 Å². The molecule has 0 spiro atoms. The summed E-state index contributed by atoms with van der Waals surface area (Å²) >= 11 is 0. The van der Waals surface area contributed by atoms with Gasteiger partial charge in [0.2, 0.25) is 0 Å². The summed E-state index contributed by atoms with van der Waals surface area (Å²) in [5, 5.41) is 18.9. The smallest absolute Gasteiger partial charge is 0.254 e. The molecule has 1 atom stereocenters. The molecule has 8 nitrogen and oxygen atoms in total. The van der Waals surface area contributed by atoms with Crippen LogP contribution in [0.5, 0.6) is 0 Å². The maximum atomic E-state index is 15.4. The number of ether oxygens (including phenoxy) is 3. The SMILES string of the molecule is CCOC(OCC)c1ccc(F)c(C(OCC)C(=O)NCc2ccc(C(=N)NO)cc2)c1F. The highest BCUT2D eigenvalue weighted by Crippen LogP contribution is 2.31. The Bertz CT molecular complexity index is 934. The van der Waals surface area contributed by atoms with Crippen molar-refractivity contribution in [3.05, 3.63) is 70.3 Å².